The Balaban J connectivity index is 0.000000259. The molecule has 2 N–H and O–H groups in total. The van der Waals surface area contributed by atoms with E-state index in [9.17, 15) is 26.4 Å². The molecule has 1 fully saturated rings. The summed E-state index contributed by atoms with van der Waals surface area (Å²) in [5, 5.41) is 2.84. The third kappa shape index (κ3) is 5.66. The fourth-order valence-electron chi connectivity index (χ4n) is 3.51. The molecule has 0 spiro atoms. The summed E-state index contributed by atoms with van der Waals surface area (Å²) in [6.45, 7) is 0.197. The number of H-pyrrole nitrogens is 1. The first-order valence-electron chi connectivity index (χ1n) is 9.81. The molecule has 0 atom stereocenters. The van der Waals surface area contributed by atoms with Crippen molar-refractivity contribution >= 4 is 27.2 Å². The molecule has 2 aromatic carbocycles. The van der Waals surface area contributed by atoms with Crippen LogP contribution in [0.3, 0.4) is 0 Å². The molecule has 31 heavy (non-hydrogen) atoms. The highest BCUT2D eigenvalue weighted by Gasteiger charge is 2.27. The minimum atomic E-state index is -2.92. The number of aromatic nitrogens is 1. The first-order valence-corrected chi connectivity index (χ1v) is 11.9. The summed E-state index contributed by atoms with van der Waals surface area (Å²) in [5.74, 6) is -1.18. The highest BCUT2D eigenvalue weighted by atomic mass is 32.2. The van der Waals surface area contributed by atoms with Crippen LogP contribution in [0.4, 0.5) is 13.2 Å². The summed E-state index contributed by atoms with van der Waals surface area (Å²) in [7, 11) is -2.92. The predicted molar refractivity (Wildman–Crippen MR) is 114 cm³/mol. The lowest BCUT2D eigenvalue weighted by atomic mass is 9.78. The quantitative estimate of drug-likeness (QED) is 0.432. The first kappa shape index (κ1) is 22.9. The number of carbonyl (C=O) groups is 1. The molecule has 0 saturated heterocycles. The van der Waals surface area contributed by atoms with Gasteiger partial charge in [0.15, 0.2) is 0 Å². The van der Waals surface area contributed by atoms with Gasteiger partial charge in [-0.3, -0.25) is 4.79 Å². The van der Waals surface area contributed by atoms with Crippen molar-refractivity contribution in [3.8, 4) is 11.3 Å². The molecule has 1 aliphatic carbocycles. The normalized spacial score (nSPS) is 13.9. The Labute approximate surface area is 178 Å². The topological polar surface area (TPSA) is 79.0 Å². The Morgan fingerprint density at radius 1 is 1.10 bits per heavy atom. The number of halogens is 3. The maximum absolute atomic E-state index is 14.1. The van der Waals surface area contributed by atoms with Gasteiger partial charge in [0.25, 0.3) is 0 Å². The molecular formula is C22H23F3N2O3S. The molecule has 0 bridgehead atoms. The average molecular weight is 452 g/mol. The molecular weight excluding hydrogens is 429 g/mol. The van der Waals surface area contributed by atoms with Crippen LogP contribution in [0.25, 0.3) is 22.2 Å². The van der Waals surface area contributed by atoms with E-state index in [0.29, 0.717) is 23.2 Å². The van der Waals surface area contributed by atoms with E-state index in [1.54, 1.807) is 12.1 Å². The van der Waals surface area contributed by atoms with Gasteiger partial charge in [-0.2, -0.15) is 0 Å². The number of carbonyl (C=O) groups excluding carboxylic acids is 1. The number of hydrogen-bond donors (Lipinski definition) is 2. The zero-order valence-electron chi connectivity index (χ0n) is 16.9. The van der Waals surface area contributed by atoms with E-state index < -0.39 is 21.5 Å². The number of aromatic amines is 1. The molecule has 1 saturated carbocycles. The van der Waals surface area contributed by atoms with E-state index in [-0.39, 0.29) is 18.1 Å². The van der Waals surface area contributed by atoms with E-state index >= 15 is 0 Å². The summed E-state index contributed by atoms with van der Waals surface area (Å²) < 4.78 is 61.5. The smallest absolute Gasteiger partial charge is 0.207 e. The second-order valence-corrected chi connectivity index (χ2v) is 9.82. The van der Waals surface area contributed by atoms with Crippen LogP contribution in [-0.4, -0.2) is 38.4 Å². The Kier molecular flexibility index (Phi) is 7.04. The van der Waals surface area contributed by atoms with Crippen LogP contribution in [0.2, 0.25) is 0 Å². The zero-order chi connectivity index (χ0) is 22.6. The summed E-state index contributed by atoms with van der Waals surface area (Å²) in [4.78, 5) is 12.7. The van der Waals surface area contributed by atoms with Crippen molar-refractivity contribution in [3.63, 3.8) is 0 Å². The number of benzene rings is 2. The molecule has 1 aromatic heterocycles. The zero-order valence-corrected chi connectivity index (χ0v) is 17.7. The number of nitrogens with one attached hydrogen (secondary N) is 2. The van der Waals surface area contributed by atoms with Crippen molar-refractivity contribution in [1.82, 2.24) is 10.3 Å². The van der Waals surface area contributed by atoms with Crippen LogP contribution in [0.15, 0.2) is 36.4 Å². The molecule has 0 aliphatic heterocycles. The monoisotopic (exact) mass is 452 g/mol. The van der Waals surface area contributed by atoms with E-state index in [1.807, 2.05) is 0 Å². The van der Waals surface area contributed by atoms with E-state index in [4.69, 9.17) is 0 Å². The van der Waals surface area contributed by atoms with Crippen molar-refractivity contribution in [2.75, 3.05) is 18.6 Å². The maximum atomic E-state index is 14.1. The lowest BCUT2D eigenvalue weighted by Crippen LogP contribution is -2.20. The number of rotatable bonds is 6. The van der Waals surface area contributed by atoms with Crippen LogP contribution in [0, 0.1) is 17.5 Å². The molecule has 1 aliphatic rings. The Morgan fingerprint density at radius 3 is 2.32 bits per heavy atom. The third-order valence-electron chi connectivity index (χ3n) is 5.21. The fourth-order valence-corrected chi connectivity index (χ4v) is 4.00. The Bertz CT molecular complexity index is 1170. The van der Waals surface area contributed by atoms with Crippen molar-refractivity contribution in [2.45, 2.75) is 25.2 Å². The van der Waals surface area contributed by atoms with E-state index in [2.05, 4.69) is 10.3 Å². The number of hydrogen-bond acceptors (Lipinski definition) is 3. The maximum Gasteiger partial charge on any atom is 0.207 e. The largest absolute Gasteiger partial charge is 0.358 e. The molecule has 4 rings (SSSR count). The van der Waals surface area contributed by atoms with Crippen molar-refractivity contribution < 1.29 is 26.4 Å². The lowest BCUT2D eigenvalue weighted by molar-refractivity contribution is -0.109. The molecule has 1 amide bonds. The van der Waals surface area contributed by atoms with Crippen LogP contribution in [0.1, 0.15) is 30.7 Å². The van der Waals surface area contributed by atoms with Gasteiger partial charge in [0.2, 0.25) is 6.41 Å². The fraction of sp³-hybridized carbons (Fsp3) is 0.318. The molecule has 5 nitrogen and oxygen atoms in total. The molecule has 0 radical (unpaired) electrons. The van der Waals surface area contributed by atoms with Crippen molar-refractivity contribution in [1.29, 1.82) is 0 Å². The minimum absolute atomic E-state index is 0.00569. The average Bonchev–Trinajstić information content (AvgIpc) is 3.00. The van der Waals surface area contributed by atoms with Gasteiger partial charge in [-0.15, -0.1) is 0 Å². The van der Waals surface area contributed by atoms with Crippen LogP contribution < -0.4 is 5.32 Å². The number of amides is 1. The summed E-state index contributed by atoms with van der Waals surface area (Å²) in [6, 6.07) is 8.35. The molecule has 166 valence electrons. The van der Waals surface area contributed by atoms with Gasteiger partial charge < -0.3 is 10.3 Å². The summed E-state index contributed by atoms with van der Waals surface area (Å²) in [6.07, 6.45) is 4.75. The van der Waals surface area contributed by atoms with Crippen molar-refractivity contribution in [3.05, 3.63) is 59.4 Å². The van der Waals surface area contributed by atoms with Crippen LogP contribution in [0.5, 0.6) is 0 Å². The summed E-state index contributed by atoms with van der Waals surface area (Å²) >= 11 is 0. The predicted octanol–water partition coefficient (Wildman–Crippen LogP) is 4.30. The van der Waals surface area contributed by atoms with Crippen LogP contribution in [-0.2, 0) is 14.6 Å². The Hall–Kier alpha value is -2.81. The minimum Gasteiger partial charge on any atom is -0.358 e. The SMILES string of the molecule is CS(=O)(=O)CCNC=O.Fc1ccc(-c2[nH]c3c(F)cc(F)cc3c2C2CCC2)cc1. The molecule has 3 aromatic rings. The van der Waals surface area contributed by atoms with Gasteiger partial charge in [-0.25, -0.2) is 21.6 Å². The standard InChI is InChI=1S/C18H14F3N.C4H9NO3S/c19-12-6-4-11(5-7-12)17-16(10-2-1-3-10)14-8-13(20)9-15(21)18(14)22-17;1-9(7,8)3-2-5-4-6/h4-10,22H,1-3H2;4H,2-3H2,1H3,(H,5,6). The van der Waals surface area contributed by atoms with Gasteiger partial charge in [0.1, 0.15) is 27.3 Å². The first-order chi connectivity index (χ1) is 14.7. The highest BCUT2D eigenvalue weighted by molar-refractivity contribution is 7.90. The lowest BCUT2D eigenvalue weighted by Gasteiger charge is -2.26. The van der Waals surface area contributed by atoms with Crippen molar-refractivity contribution in [2.24, 2.45) is 0 Å². The summed E-state index contributed by atoms with van der Waals surface area (Å²) in [5.41, 5.74) is 2.83. The molecule has 0 unspecified atom stereocenters. The third-order valence-corrected chi connectivity index (χ3v) is 6.16. The highest BCUT2D eigenvalue weighted by Crippen LogP contribution is 2.45. The van der Waals surface area contributed by atoms with Gasteiger partial charge in [0, 0.05) is 24.3 Å². The van der Waals surface area contributed by atoms with Gasteiger partial charge in [0.05, 0.1) is 17.0 Å². The number of sulfone groups is 1. The van der Waals surface area contributed by atoms with E-state index in [1.165, 1.54) is 18.2 Å². The Morgan fingerprint density at radius 2 is 1.77 bits per heavy atom. The van der Waals surface area contributed by atoms with Crippen LogP contribution >= 0.6 is 0 Å². The molecule has 9 heteroatoms. The van der Waals surface area contributed by atoms with Gasteiger partial charge in [-0.05, 0) is 60.2 Å². The van der Waals surface area contributed by atoms with Gasteiger partial charge >= 0.3 is 0 Å². The van der Waals surface area contributed by atoms with Gasteiger partial charge in [-0.1, -0.05) is 6.42 Å². The molecule has 1 heterocycles. The second kappa shape index (κ2) is 9.55. The second-order valence-electron chi connectivity index (χ2n) is 7.56. The number of fused-ring (bicyclic) bond motifs is 1. The van der Waals surface area contributed by atoms with E-state index in [0.717, 1.165) is 48.4 Å².